The van der Waals surface area contributed by atoms with Gasteiger partial charge in [-0.15, -0.1) is 5.10 Å². The van der Waals surface area contributed by atoms with Gasteiger partial charge in [0, 0.05) is 27.2 Å². The third kappa shape index (κ3) is 2.58. The molecule has 0 spiro atoms. The van der Waals surface area contributed by atoms with E-state index in [9.17, 15) is 9.18 Å². The van der Waals surface area contributed by atoms with Crippen LogP contribution in [0.2, 0.25) is 0 Å². The number of fused-ring (bicyclic) bond motifs is 3. The van der Waals surface area contributed by atoms with E-state index in [4.69, 9.17) is 22.3 Å². The van der Waals surface area contributed by atoms with E-state index in [1.807, 2.05) is 28.9 Å². The minimum Gasteiger partial charge on any atom is -0.351 e. The molecule has 4 aromatic rings. The number of hydrogen-bond donors (Lipinski definition) is 2. The van der Waals surface area contributed by atoms with E-state index in [-0.39, 0.29) is 17.2 Å². The molecule has 0 bridgehead atoms. The third-order valence-electron chi connectivity index (χ3n) is 6.44. The summed E-state index contributed by atoms with van der Waals surface area (Å²) in [5.41, 5.74) is 2.48. The number of pyridine rings is 1. The molecule has 2 N–H and O–H groups in total. The summed E-state index contributed by atoms with van der Waals surface area (Å²) in [5, 5.41) is 8.90. The van der Waals surface area contributed by atoms with Gasteiger partial charge < -0.3 is 4.98 Å². The zero-order valence-electron chi connectivity index (χ0n) is 16.6. The number of nitrogens with one attached hydrogen (secondary N) is 2. The summed E-state index contributed by atoms with van der Waals surface area (Å²) in [6, 6.07) is 13.9. The molecule has 2 aromatic heterocycles. The lowest BCUT2D eigenvalue weighted by Gasteiger charge is -2.16. The first-order valence-electron chi connectivity index (χ1n) is 10.1. The number of H-pyrrole nitrogens is 1. The first-order valence-corrected chi connectivity index (χ1v) is 10.5. The fraction of sp³-hybridized carbons (Fsp3) is 0.217. The van der Waals surface area contributed by atoms with Crippen LogP contribution in [-0.2, 0) is 18.6 Å². The van der Waals surface area contributed by atoms with E-state index >= 15 is 0 Å². The summed E-state index contributed by atoms with van der Waals surface area (Å²) in [6.45, 7) is 2.85. The van der Waals surface area contributed by atoms with Gasteiger partial charge in [-0.2, -0.15) is 0 Å². The molecule has 2 atom stereocenters. The minimum absolute atomic E-state index is 0.0221. The summed E-state index contributed by atoms with van der Waals surface area (Å²) in [4.78, 5) is 21.8. The predicted molar refractivity (Wildman–Crippen MR) is 119 cm³/mol. The molecule has 8 heteroatoms. The van der Waals surface area contributed by atoms with Crippen LogP contribution >= 0.6 is 12.2 Å². The molecule has 6 rings (SSSR count). The molecule has 154 valence electrons. The number of halogens is 1. The average Bonchev–Trinajstić information content (AvgIpc) is 3.19. The number of hydrogen-bond acceptors (Lipinski definition) is 5. The topological polar surface area (TPSA) is 75.6 Å². The van der Waals surface area contributed by atoms with Crippen molar-refractivity contribution in [3.05, 3.63) is 81.5 Å². The maximum absolute atomic E-state index is 13.4. The minimum atomic E-state index is -0.446. The first-order chi connectivity index (χ1) is 15.0. The van der Waals surface area contributed by atoms with Crippen molar-refractivity contribution in [2.45, 2.75) is 25.6 Å². The van der Waals surface area contributed by atoms with Crippen LogP contribution in [0.25, 0.3) is 22.4 Å². The predicted octanol–water partition coefficient (Wildman–Crippen LogP) is 3.23. The fourth-order valence-corrected chi connectivity index (χ4v) is 5.18. The Kier molecular flexibility index (Phi) is 3.82. The van der Waals surface area contributed by atoms with E-state index in [1.165, 1.54) is 12.1 Å². The molecule has 0 saturated heterocycles. The number of rotatable bonds is 2. The number of nitrogens with zero attached hydrogens (tertiary/aromatic N) is 3. The monoisotopic (exact) mass is 431 g/mol. The highest BCUT2D eigenvalue weighted by Crippen LogP contribution is 2.51. The molecule has 2 aliphatic rings. The molecule has 1 fully saturated rings. The zero-order chi connectivity index (χ0) is 21.3. The molecular formula is C23H18FN5OS. The second-order valence-electron chi connectivity index (χ2n) is 8.12. The third-order valence-corrected chi connectivity index (χ3v) is 7.05. The van der Waals surface area contributed by atoms with Gasteiger partial charge in [-0.1, -0.05) is 36.5 Å². The normalized spacial score (nSPS) is 22.1. The zero-order valence-corrected chi connectivity index (χ0v) is 17.5. The van der Waals surface area contributed by atoms with Gasteiger partial charge in [-0.25, -0.2) is 14.1 Å². The molecule has 0 radical (unpaired) electrons. The maximum atomic E-state index is 13.4. The van der Waals surface area contributed by atoms with Crippen molar-refractivity contribution >= 4 is 28.0 Å². The van der Waals surface area contributed by atoms with Crippen LogP contribution in [0.5, 0.6) is 0 Å². The lowest BCUT2D eigenvalue weighted by molar-refractivity contribution is 0.473. The SMILES string of the molecule is Cc1c(-c2nc3n(n2)CC2C(=S)C2(c2ccc(F)cc2)NC3)[nH]c2ccccc2c1=O. The van der Waals surface area contributed by atoms with Crippen molar-refractivity contribution in [3.63, 3.8) is 0 Å². The van der Waals surface area contributed by atoms with Crippen LogP contribution < -0.4 is 10.7 Å². The number of thiocarbonyl (C=S) groups is 1. The number of para-hydroxylation sites is 1. The Labute approximate surface area is 182 Å². The van der Waals surface area contributed by atoms with E-state index in [0.717, 1.165) is 21.8 Å². The van der Waals surface area contributed by atoms with Crippen molar-refractivity contribution in [1.82, 2.24) is 25.1 Å². The molecule has 2 aromatic carbocycles. The lowest BCUT2D eigenvalue weighted by atomic mass is 10.0. The summed E-state index contributed by atoms with van der Waals surface area (Å²) >= 11 is 5.67. The van der Waals surface area contributed by atoms with Gasteiger partial charge in [0.25, 0.3) is 0 Å². The van der Waals surface area contributed by atoms with Crippen molar-refractivity contribution in [2.24, 2.45) is 5.92 Å². The van der Waals surface area contributed by atoms with Crippen LogP contribution in [0.15, 0.2) is 53.3 Å². The Morgan fingerprint density at radius 2 is 1.97 bits per heavy atom. The maximum Gasteiger partial charge on any atom is 0.198 e. The highest BCUT2D eigenvalue weighted by Gasteiger charge is 2.62. The quantitative estimate of drug-likeness (QED) is 0.477. The largest absolute Gasteiger partial charge is 0.351 e. The highest BCUT2D eigenvalue weighted by molar-refractivity contribution is 7.81. The Balaban J connectivity index is 1.39. The van der Waals surface area contributed by atoms with Crippen molar-refractivity contribution in [3.8, 4) is 11.5 Å². The molecule has 31 heavy (non-hydrogen) atoms. The van der Waals surface area contributed by atoms with Gasteiger partial charge in [0.05, 0.1) is 24.3 Å². The molecular weight excluding hydrogens is 413 g/mol. The second-order valence-corrected chi connectivity index (χ2v) is 8.56. The van der Waals surface area contributed by atoms with Gasteiger partial charge in [-0.3, -0.25) is 10.1 Å². The molecule has 2 unspecified atom stereocenters. The molecule has 1 aliphatic carbocycles. The number of aromatic nitrogens is 4. The lowest BCUT2D eigenvalue weighted by Crippen LogP contribution is -2.31. The summed E-state index contributed by atoms with van der Waals surface area (Å²) in [6.07, 6.45) is 0. The molecule has 3 heterocycles. The van der Waals surface area contributed by atoms with Crippen LogP contribution in [-0.4, -0.2) is 24.6 Å². The van der Waals surface area contributed by atoms with Crippen LogP contribution in [0, 0.1) is 18.7 Å². The summed E-state index contributed by atoms with van der Waals surface area (Å²) in [7, 11) is 0. The second kappa shape index (κ2) is 6.38. The van der Waals surface area contributed by atoms with Crippen LogP contribution in [0.4, 0.5) is 4.39 Å². The Bertz CT molecular complexity index is 1440. The van der Waals surface area contributed by atoms with E-state index in [2.05, 4.69) is 10.3 Å². The average molecular weight is 431 g/mol. The van der Waals surface area contributed by atoms with Crippen LogP contribution in [0.1, 0.15) is 17.0 Å². The highest BCUT2D eigenvalue weighted by atomic mass is 32.1. The Hall–Kier alpha value is -3.23. The van der Waals surface area contributed by atoms with Gasteiger partial charge in [-0.05, 0) is 36.8 Å². The molecule has 1 aliphatic heterocycles. The molecule has 6 nitrogen and oxygen atoms in total. The van der Waals surface area contributed by atoms with Crippen LogP contribution in [0.3, 0.4) is 0 Å². The Morgan fingerprint density at radius 3 is 2.77 bits per heavy atom. The van der Waals surface area contributed by atoms with Crippen molar-refractivity contribution in [2.75, 3.05) is 0 Å². The van der Waals surface area contributed by atoms with E-state index in [1.54, 1.807) is 19.1 Å². The number of benzene rings is 2. The van der Waals surface area contributed by atoms with Crippen molar-refractivity contribution < 1.29 is 4.39 Å². The fourth-order valence-electron chi connectivity index (χ4n) is 4.66. The molecule has 1 saturated carbocycles. The summed E-state index contributed by atoms with van der Waals surface area (Å²) in [5.74, 6) is 1.08. The standard InChI is InChI=1S/C23H18FN5OS/c1-12-19(26-17-5-3-2-4-15(17)20(12)30)22-27-18-10-25-23(13-6-8-14(24)9-7-13)16(21(23)31)11-29(18)28-22/h2-9,16,25H,10-11H2,1H3,(H,26,30). The van der Waals surface area contributed by atoms with Gasteiger partial charge in [0.1, 0.15) is 11.6 Å². The van der Waals surface area contributed by atoms with E-state index in [0.29, 0.717) is 35.6 Å². The smallest absolute Gasteiger partial charge is 0.198 e. The molecule has 0 amide bonds. The summed E-state index contributed by atoms with van der Waals surface area (Å²) < 4.78 is 15.3. The van der Waals surface area contributed by atoms with Gasteiger partial charge >= 0.3 is 0 Å². The van der Waals surface area contributed by atoms with Gasteiger partial charge in [0.15, 0.2) is 11.3 Å². The number of aromatic amines is 1. The van der Waals surface area contributed by atoms with Crippen molar-refractivity contribution in [1.29, 1.82) is 0 Å². The first kappa shape index (κ1) is 18.5. The Morgan fingerprint density at radius 1 is 1.19 bits per heavy atom. The van der Waals surface area contributed by atoms with E-state index < -0.39 is 5.54 Å². The van der Waals surface area contributed by atoms with Gasteiger partial charge in [0.2, 0.25) is 0 Å².